The lowest BCUT2D eigenvalue weighted by atomic mass is 10.0. The van der Waals surface area contributed by atoms with E-state index in [1.54, 1.807) is 20.1 Å². The summed E-state index contributed by atoms with van der Waals surface area (Å²) in [6.45, 7) is 6.03. The van der Waals surface area contributed by atoms with Crippen molar-refractivity contribution in [1.29, 1.82) is 0 Å². The van der Waals surface area contributed by atoms with E-state index in [-0.39, 0.29) is 28.3 Å². The Bertz CT molecular complexity index is 611. The summed E-state index contributed by atoms with van der Waals surface area (Å²) in [6.07, 6.45) is 0. The predicted octanol–water partition coefficient (Wildman–Crippen LogP) is 1.04. The third-order valence-corrected chi connectivity index (χ3v) is 4.00. The zero-order valence-electron chi connectivity index (χ0n) is 12.7. The molecule has 0 heterocycles. The van der Waals surface area contributed by atoms with Gasteiger partial charge in [0.2, 0.25) is 10.0 Å². The van der Waals surface area contributed by atoms with Gasteiger partial charge in [-0.3, -0.25) is 4.79 Å². The number of carbonyl (C=O) groups excluding carboxylic acids is 1. The van der Waals surface area contributed by atoms with Crippen LogP contribution in [0.4, 0.5) is 0 Å². The highest BCUT2D eigenvalue weighted by Gasteiger charge is 2.19. The van der Waals surface area contributed by atoms with Crippen molar-refractivity contribution in [3.8, 4) is 0 Å². The Morgan fingerprint density at radius 3 is 2.43 bits per heavy atom. The number of hydrogen-bond acceptors (Lipinski definition) is 4. The number of ether oxygens (including phenoxy) is 1. The fourth-order valence-corrected chi connectivity index (χ4v) is 2.52. The molecule has 7 heteroatoms. The molecule has 3 N–H and O–H groups in total. The normalized spacial score (nSPS) is 13.2. The Hall–Kier alpha value is -1.44. The number of aryl methyl sites for hydroxylation is 1. The molecule has 21 heavy (non-hydrogen) atoms. The summed E-state index contributed by atoms with van der Waals surface area (Å²) in [5.74, 6) is -0.157. The molecule has 0 aliphatic heterocycles. The van der Waals surface area contributed by atoms with E-state index in [4.69, 9.17) is 9.88 Å². The first-order valence-corrected chi connectivity index (χ1v) is 8.14. The van der Waals surface area contributed by atoms with E-state index in [1.807, 2.05) is 13.8 Å². The molecule has 0 bridgehead atoms. The molecular weight excluding hydrogens is 292 g/mol. The maximum atomic E-state index is 12.3. The van der Waals surface area contributed by atoms with Gasteiger partial charge in [0.1, 0.15) is 0 Å². The zero-order chi connectivity index (χ0) is 16.2. The summed E-state index contributed by atoms with van der Waals surface area (Å²) in [6, 6.07) is 4.18. The van der Waals surface area contributed by atoms with E-state index in [0.717, 1.165) is 0 Å². The second-order valence-corrected chi connectivity index (χ2v) is 6.92. The fraction of sp³-hybridized carbons (Fsp3) is 0.500. The van der Waals surface area contributed by atoms with Crippen LogP contribution in [0.5, 0.6) is 0 Å². The first-order valence-electron chi connectivity index (χ1n) is 6.59. The maximum Gasteiger partial charge on any atom is 0.251 e. The first kappa shape index (κ1) is 17.6. The summed E-state index contributed by atoms with van der Waals surface area (Å²) in [4.78, 5) is 12.2. The second-order valence-electron chi connectivity index (χ2n) is 5.36. The lowest BCUT2D eigenvalue weighted by Crippen LogP contribution is -2.41. The first-order chi connectivity index (χ1) is 9.65. The van der Waals surface area contributed by atoms with Crippen LogP contribution in [0.15, 0.2) is 23.1 Å². The molecule has 0 aliphatic carbocycles. The number of rotatable bonds is 6. The van der Waals surface area contributed by atoms with Gasteiger partial charge in [0.25, 0.3) is 5.91 Å². The Morgan fingerprint density at radius 2 is 1.95 bits per heavy atom. The number of sulfonamides is 1. The van der Waals surface area contributed by atoms with Gasteiger partial charge >= 0.3 is 0 Å². The number of carbonyl (C=O) groups is 1. The van der Waals surface area contributed by atoms with Crippen molar-refractivity contribution in [3.05, 3.63) is 29.3 Å². The molecular formula is C14H22N2O4S. The van der Waals surface area contributed by atoms with Crippen LogP contribution in [0.2, 0.25) is 0 Å². The second kappa shape index (κ2) is 7.02. The van der Waals surface area contributed by atoms with Gasteiger partial charge in [0.05, 0.1) is 17.5 Å². The Balaban J connectivity index is 3.05. The smallest absolute Gasteiger partial charge is 0.251 e. The number of nitrogens with one attached hydrogen (secondary N) is 1. The van der Waals surface area contributed by atoms with Gasteiger partial charge in [0, 0.05) is 12.7 Å². The molecule has 1 rings (SSSR count). The van der Waals surface area contributed by atoms with Crippen molar-refractivity contribution in [2.45, 2.75) is 31.7 Å². The molecule has 1 unspecified atom stereocenters. The zero-order valence-corrected chi connectivity index (χ0v) is 13.5. The molecule has 1 amide bonds. The van der Waals surface area contributed by atoms with Crippen LogP contribution in [0.3, 0.4) is 0 Å². The molecule has 0 saturated heterocycles. The number of primary sulfonamides is 1. The molecule has 0 saturated carbocycles. The molecule has 118 valence electrons. The van der Waals surface area contributed by atoms with Crippen LogP contribution in [0.25, 0.3) is 0 Å². The lowest BCUT2D eigenvalue weighted by Gasteiger charge is -2.21. The van der Waals surface area contributed by atoms with Gasteiger partial charge < -0.3 is 10.1 Å². The molecule has 0 radical (unpaired) electrons. The summed E-state index contributed by atoms with van der Waals surface area (Å²) in [5, 5.41) is 7.95. The summed E-state index contributed by atoms with van der Waals surface area (Å²) in [5.41, 5.74) is 0.917. The molecule has 0 spiro atoms. The standard InChI is InChI=1S/C14H22N2O4S/c1-9(2)13(8-20-4)16-14(17)11-5-10(3)6-12(7-11)21(15,18)19/h5-7,9,13H,8H2,1-4H3,(H,16,17)(H2,15,18,19). The van der Waals surface area contributed by atoms with E-state index < -0.39 is 10.0 Å². The number of hydrogen-bond donors (Lipinski definition) is 2. The van der Waals surface area contributed by atoms with Crippen LogP contribution in [0.1, 0.15) is 29.8 Å². The van der Waals surface area contributed by atoms with Crippen LogP contribution in [0, 0.1) is 12.8 Å². The van der Waals surface area contributed by atoms with E-state index in [0.29, 0.717) is 12.2 Å². The minimum atomic E-state index is -3.84. The number of methoxy groups -OCH3 is 1. The Labute approximate surface area is 125 Å². The third-order valence-electron chi connectivity index (χ3n) is 3.11. The predicted molar refractivity (Wildman–Crippen MR) is 80.5 cm³/mol. The number of benzene rings is 1. The Morgan fingerprint density at radius 1 is 1.33 bits per heavy atom. The largest absolute Gasteiger partial charge is 0.383 e. The van der Waals surface area contributed by atoms with Gasteiger partial charge in [-0.15, -0.1) is 0 Å². The molecule has 0 fully saturated rings. The molecule has 1 atom stereocenters. The average Bonchev–Trinajstić information content (AvgIpc) is 2.36. The summed E-state index contributed by atoms with van der Waals surface area (Å²) < 4.78 is 27.9. The van der Waals surface area contributed by atoms with Gasteiger partial charge in [-0.05, 0) is 36.6 Å². The van der Waals surface area contributed by atoms with Crippen LogP contribution < -0.4 is 10.5 Å². The van der Waals surface area contributed by atoms with Crippen LogP contribution in [-0.4, -0.2) is 34.1 Å². The average molecular weight is 314 g/mol. The SMILES string of the molecule is COCC(NC(=O)c1cc(C)cc(S(N)(=O)=O)c1)C(C)C. The number of amides is 1. The van der Waals surface area contributed by atoms with Crippen molar-refractivity contribution in [3.63, 3.8) is 0 Å². The van der Waals surface area contributed by atoms with Gasteiger partial charge in [-0.2, -0.15) is 0 Å². The van der Waals surface area contributed by atoms with Crippen molar-refractivity contribution in [2.24, 2.45) is 11.1 Å². The quantitative estimate of drug-likeness (QED) is 0.819. The summed E-state index contributed by atoms with van der Waals surface area (Å²) >= 11 is 0. The maximum absolute atomic E-state index is 12.3. The monoisotopic (exact) mass is 314 g/mol. The van der Waals surface area contributed by atoms with E-state index in [9.17, 15) is 13.2 Å². The molecule has 1 aromatic rings. The molecule has 0 aromatic heterocycles. The summed E-state index contributed by atoms with van der Waals surface area (Å²) in [7, 11) is -2.28. The highest BCUT2D eigenvalue weighted by Crippen LogP contribution is 2.14. The highest BCUT2D eigenvalue weighted by molar-refractivity contribution is 7.89. The van der Waals surface area contributed by atoms with Crippen molar-refractivity contribution in [2.75, 3.05) is 13.7 Å². The van der Waals surface area contributed by atoms with E-state index in [2.05, 4.69) is 5.32 Å². The lowest BCUT2D eigenvalue weighted by molar-refractivity contribution is 0.0866. The van der Waals surface area contributed by atoms with Gasteiger partial charge in [0.15, 0.2) is 0 Å². The minimum absolute atomic E-state index is 0.0690. The molecule has 0 aliphatic rings. The van der Waals surface area contributed by atoms with E-state index >= 15 is 0 Å². The van der Waals surface area contributed by atoms with Crippen LogP contribution in [-0.2, 0) is 14.8 Å². The van der Waals surface area contributed by atoms with E-state index in [1.165, 1.54) is 12.1 Å². The van der Waals surface area contributed by atoms with Crippen molar-refractivity contribution >= 4 is 15.9 Å². The molecule has 1 aromatic carbocycles. The van der Waals surface area contributed by atoms with Crippen molar-refractivity contribution in [1.82, 2.24) is 5.32 Å². The number of nitrogens with two attached hydrogens (primary N) is 1. The fourth-order valence-electron chi connectivity index (χ4n) is 1.88. The minimum Gasteiger partial charge on any atom is -0.383 e. The molecule has 6 nitrogen and oxygen atoms in total. The Kier molecular flexibility index (Phi) is 5.88. The van der Waals surface area contributed by atoms with Crippen LogP contribution >= 0.6 is 0 Å². The highest BCUT2D eigenvalue weighted by atomic mass is 32.2. The van der Waals surface area contributed by atoms with Crippen molar-refractivity contribution < 1.29 is 17.9 Å². The third kappa shape index (κ3) is 5.11. The van der Waals surface area contributed by atoms with Gasteiger partial charge in [-0.1, -0.05) is 13.8 Å². The van der Waals surface area contributed by atoms with Gasteiger partial charge in [-0.25, -0.2) is 13.6 Å². The topological polar surface area (TPSA) is 98.5 Å².